The van der Waals surface area contributed by atoms with Crippen molar-refractivity contribution in [1.82, 2.24) is 0 Å². The number of hydrogen-bond donors (Lipinski definition) is 0. The second kappa shape index (κ2) is 8.47. The molecule has 29 heavy (non-hydrogen) atoms. The summed E-state index contributed by atoms with van der Waals surface area (Å²) < 4.78 is 50.1. The van der Waals surface area contributed by atoms with Crippen LogP contribution in [0.4, 0.5) is 8.78 Å². The standard InChI is InChI=1S/C22H25F2O3PSi/c1-21(2,3)29(17-10-6-4-7-11-17,18-12-8-5-9-13-18)27-16-20-19(22(20,23)24)14-15-26-28-25/h4-15,19-20H,16H2,1-3H3. The summed E-state index contributed by atoms with van der Waals surface area (Å²) >= 11 is 0. The van der Waals surface area contributed by atoms with Crippen LogP contribution in [0, 0.1) is 11.8 Å². The first-order valence-corrected chi connectivity index (χ1v) is 12.2. The van der Waals surface area contributed by atoms with E-state index in [4.69, 9.17) is 4.43 Å². The highest BCUT2D eigenvalue weighted by atomic mass is 31.1. The minimum atomic E-state index is -2.86. The highest BCUT2D eigenvalue weighted by molar-refractivity contribution is 7.17. The zero-order valence-corrected chi connectivity index (χ0v) is 18.6. The molecule has 0 N–H and O–H groups in total. The van der Waals surface area contributed by atoms with E-state index in [0.717, 1.165) is 16.6 Å². The summed E-state index contributed by atoms with van der Waals surface area (Å²) in [7, 11) is -3.40. The number of hydrogen-bond acceptors (Lipinski definition) is 3. The first kappa shape index (κ1) is 21.8. The van der Waals surface area contributed by atoms with E-state index in [1.165, 1.54) is 6.08 Å². The minimum Gasteiger partial charge on any atom is -0.416 e. The summed E-state index contributed by atoms with van der Waals surface area (Å²) in [6.45, 7) is 6.29. The fourth-order valence-corrected chi connectivity index (χ4v) is 8.72. The molecule has 154 valence electrons. The van der Waals surface area contributed by atoms with Crippen LogP contribution in [0.25, 0.3) is 0 Å². The molecule has 0 aromatic heterocycles. The predicted molar refractivity (Wildman–Crippen MR) is 113 cm³/mol. The zero-order valence-electron chi connectivity index (χ0n) is 16.7. The molecule has 0 amide bonds. The molecule has 2 aromatic rings. The van der Waals surface area contributed by atoms with Crippen LogP contribution in [0.3, 0.4) is 0 Å². The van der Waals surface area contributed by atoms with Crippen LogP contribution in [0.5, 0.6) is 0 Å². The first-order chi connectivity index (χ1) is 13.7. The molecule has 1 saturated carbocycles. The van der Waals surface area contributed by atoms with Crippen molar-refractivity contribution in [3.8, 4) is 0 Å². The highest BCUT2D eigenvalue weighted by Gasteiger charge is 2.67. The van der Waals surface area contributed by atoms with Gasteiger partial charge in [0.1, 0.15) is 0 Å². The summed E-state index contributed by atoms with van der Waals surface area (Å²) in [5.74, 6) is -4.75. The van der Waals surface area contributed by atoms with Crippen molar-refractivity contribution >= 4 is 27.4 Å². The Morgan fingerprint density at radius 3 is 2.00 bits per heavy atom. The van der Waals surface area contributed by atoms with E-state index in [2.05, 4.69) is 25.3 Å². The van der Waals surface area contributed by atoms with Gasteiger partial charge >= 0.3 is 8.69 Å². The van der Waals surface area contributed by atoms with E-state index >= 15 is 0 Å². The number of rotatable bonds is 8. The van der Waals surface area contributed by atoms with E-state index in [1.807, 2.05) is 60.7 Å². The molecule has 3 rings (SSSR count). The number of benzene rings is 2. The Morgan fingerprint density at radius 2 is 1.55 bits per heavy atom. The van der Waals surface area contributed by atoms with Crippen LogP contribution in [-0.4, -0.2) is 20.8 Å². The fourth-order valence-electron chi connectivity index (χ4n) is 4.01. The van der Waals surface area contributed by atoms with Crippen molar-refractivity contribution in [2.75, 3.05) is 6.61 Å². The summed E-state index contributed by atoms with van der Waals surface area (Å²) in [6, 6.07) is 19.9. The summed E-state index contributed by atoms with van der Waals surface area (Å²) in [6.07, 6.45) is 2.33. The number of alkyl halides is 2. The fraction of sp³-hybridized carbons (Fsp3) is 0.364. The molecular weight excluding hydrogens is 409 g/mol. The van der Waals surface area contributed by atoms with E-state index in [9.17, 15) is 13.3 Å². The SMILES string of the molecule is CC(C)(C)[Si](OCC1C(C=COP=O)C1(F)F)(c1ccccc1)c1ccccc1. The second-order valence-electron chi connectivity index (χ2n) is 8.29. The maximum atomic E-state index is 14.3. The molecule has 2 aromatic carbocycles. The maximum Gasteiger partial charge on any atom is 0.395 e. The van der Waals surface area contributed by atoms with Crippen molar-refractivity contribution in [3.63, 3.8) is 0 Å². The van der Waals surface area contributed by atoms with Crippen LogP contribution in [0.1, 0.15) is 20.8 Å². The second-order valence-corrected chi connectivity index (χ2v) is 13.0. The molecule has 3 nitrogen and oxygen atoms in total. The lowest BCUT2D eigenvalue weighted by Crippen LogP contribution is -2.66. The van der Waals surface area contributed by atoms with Crippen LogP contribution < -0.4 is 10.4 Å². The van der Waals surface area contributed by atoms with E-state index in [1.54, 1.807) is 0 Å². The molecule has 2 unspecified atom stereocenters. The van der Waals surface area contributed by atoms with Crippen LogP contribution in [-0.2, 0) is 13.5 Å². The van der Waals surface area contributed by atoms with Crippen molar-refractivity contribution in [3.05, 3.63) is 73.0 Å². The van der Waals surface area contributed by atoms with Crippen LogP contribution in [0.15, 0.2) is 73.0 Å². The Kier molecular flexibility index (Phi) is 6.37. The van der Waals surface area contributed by atoms with E-state index in [0.29, 0.717) is 0 Å². The molecule has 0 saturated heterocycles. The molecule has 0 heterocycles. The van der Waals surface area contributed by atoms with Gasteiger partial charge in [0.05, 0.1) is 18.1 Å². The van der Waals surface area contributed by atoms with Gasteiger partial charge in [-0.2, -0.15) is 0 Å². The normalized spacial score (nSPS) is 21.4. The van der Waals surface area contributed by atoms with Crippen LogP contribution >= 0.6 is 8.69 Å². The summed E-state index contributed by atoms with van der Waals surface area (Å²) in [4.78, 5) is 0. The third-order valence-corrected chi connectivity index (χ3v) is 10.8. The van der Waals surface area contributed by atoms with Crippen molar-refractivity contribution in [2.24, 2.45) is 11.8 Å². The molecule has 0 aliphatic heterocycles. The van der Waals surface area contributed by atoms with Gasteiger partial charge in [-0.15, -0.1) is 0 Å². The number of halogens is 2. The largest absolute Gasteiger partial charge is 0.416 e. The van der Waals surface area contributed by atoms with Crippen LogP contribution in [0.2, 0.25) is 5.04 Å². The highest BCUT2D eigenvalue weighted by Crippen LogP contribution is 2.56. The average molecular weight is 434 g/mol. The lowest BCUT2D eigenvalue weighted by molar-refractivity contribution is 0.0778. The van der Waals surface area contributed by atoms with Gasteiger partial charge in [0.15, 0.2) is 0 Å². The minimum absolute atomic E-state index is 0.0512. The monoisotopic (exact) mass is 434 g/mol. The Balaban J connectivity index is 1.96. The van der Waals surface area contributed by atoms with E-state index < -0.39 is 34.8 Å². The lowest BCUT2D eigenvalue weighted by Gasteiger charge is -2.43. The first-order valence-electron chi connectivity index (χ1n) is 9.53. The zero-order chi connectivity index (χ0) is 21.1. The van der Waals surface area contributed by atoms with E-state index in [-0.39, 0.29) is 11.6 Å². The Labute approximate surface area is 173 Å². The molecule has 7 heteroatoms. The topological polar surface area (TPSA) is 35.5 Å². The Bertz CT molecular complexity index is 814. The maximum absolute atomic E-state index is 14.3. The van der Waals surface area contributed by atoms with Gasteiger partial charge in [-0.3, -0.25) is 0 Å². The molecule has 0 bridgehead atoms. The van der Waals surface area contributed by atoms with Gasteiger partial charge in [-0.25, -0.2) is 13.3 Å². The van der Waals surface area contributed by atoms with Gasteiger partial charge in [-0.1, -0.05) is 81.4 Å². The molecular formula is C22H25F2O3PSi. The smallest absolute Gasteiger partial charge is 0.395 e. The third-order valence-electron chi connectivity index (χ3n) is 5.55. The van der Waals surface area contributed by atoms with Gasteiger partial charge < -0.3 is 8.95 Å². The predicted octanol–water partition coefficient (Wildman–Crippen LogP) is 5.18. The quantitative estimate of drug-likeness (QED) is 0.326. The molecule has 2 atom stereocenters. The molecule has 0 spiro atoms. The van der Waals surface area contributed by atoms with Gasteiger partial charge in [0.25, 0.3) is 14.2 Å². The Morgan fingerprint density at radius 1 is 1.03 bits per heavy atom. The molecule has 0 radical (unpaired) electrons. The molecule has 1 aliphatic carbocycles. The van der Waals surface area contributed by atoms with Crippen molar-refractivity contribution in [1.29, 1.82) is 0 Å². The van der Waals surface area contributed by atoms with Gasteiger partial charge in [0.2, 0.25) is 0 Å². The number of allylic oxidation sites excluding steroid dienone is 1. The molecule has 1 fully saturated rings. The Hall–Kier alpha value is -1.88. The van der Waals surface area contributed by atoms with Gasteiger partial charge in [-0.05, 0) is 21.5 Å². The molecule has 1 aliphatic rings. The average Bonchev–Trinajstić information content (AvgIpc) is 3.22. The summed E-state index contributed by atoms with van der Waals surface area (Å²) in [5, 5.41) is 1.85. The van der Waals surface area contributed by atoms with Gasteiger partial charge in [0, 0.05) is 6.61 Å². The lowest BCUT2D eigenvalue weighted by atomic mass is 10.2. The summed E-state index contributed by atoms with van der Waals surface area (Å²) in [5.41, 5.74) is 0. The van der Waals surface area contributed by atoms with Crippen molar-refractivity contribution < 1.29 is 22.3 Å². The van der Waals surface area contributed by atoms with Crippen molar-refractivity contribution in [2.45, 2.75) is 31.7 Å². The third kappa shape index (κ3) is 4.20.